The molecule has 3 aromatic rings. The second-order valence-electron chi connectivity index (χ2n) is 9.08. The third-order valence-corrected chi connectivity index (χ3v) is 7.00. The first-order chi connectivity index (χ1) is 19.3. The van der Waals surface area contributed by atoms with Crippen molar-refractivity contribution in [3.8, 4) is 5.75 Å². The number of aromatic nitrogens is 3. The van der Waals surface area contributed by atoms with Crippen LogP contribution >= 0.6 is 0 Å². The minimum atomic E-state index is -4.65. The van der Waals surface area contributed by atoms with Crippen LogP contribution in [0.25, 0.3) is 0 Å². The molecule has 41 heavy (non-hydrogen) atoms. The third-order valence-electron chi connectivity index (χ3n) is 6.14. The molecule has 1 fully saturated rings. The number of urea groups is 1. The monoisotopic (exact) mass is 598 g/mol. The number of nitrogens with one attached hydrogen (secondary N) is 1. The molecule has 0 bridgehead atoms. The molecule has 3 heterocycles. The van der Waals surface area contributed by atoms with E-state index in [1.807, 2.05) is 0 Å². The number of benzene rings is 1. The number of carbonyl (C=O) groups excluding carboxylic acids is 1. The fourth-order valence-corrected chi connectivity index (χ4v) is 4.62. The van der Waals surface area contributed by atoms with Gasteiger partial charge in [0, 0.05) is 62.4 Å². The Balaban J connectivity index is 1.45. The molecule has 10 nitrogen and oxygen atoms in total. The molecule has 4 rings (SSSR count). The van der Waals surface area contributed by atoms with Crippen molar-refractivity contribution < 1.29 is 40.0 Å². The van der Waals surface area contributed by atoms with Crippen molar-refractivity contribution in [1.29, 1.82) is 0 Å². The average Bonchev–Trinajstić information content (AvgIpc) is 2.92. The van der Waals surface area contributed by atoms with Gasteiger partial charge in [0.2, 0.25) is 15.0 Å². The van der Waals surface area contributed by atoms with Crippen LogP contribution in [0.15, 0.2) is 53.0 Å². The number of halogens is 5. The van der Waals surface area contributed by atoms with Gasteiger partial charge in [-0.25, -0.2) is 32.0 Å². The molecule has 2 amide bonds. The van der Waals surface area contributed by atoms with Crippen molar-refractivity contribution in [1.82, 2.24) is 19.9 Å². The fourth-order valence-electron chi connectivity index (χ4n) is 4.11. The van der Waals surface area contributed by atoms with Crippen molar-refractivity contribution in [2.75, 3.05) is 24.7 Å². The number of hydrogen-bond donors (Lipinski definition) is 1. The van der Waals surface area contributed by atoms with E-state index in [0.29, 0.717) is 30.2 Å². The quantitative estimate of drug-likeness (QED) is 0.182. The highest BCUT2D eigenvalue weighted by Crippen LogP contribution is 2.31. The van der Waals surface area contributed by atoms with Gasteiger partial charge in [0.15, 0.2) is 5.75 Å². The molecule has 218 valence electrons. The Morgan fingerprint density at radius 1 is 1.17 bits per heavy atom. The molecule has 0 unspecified atom stereocenters. The van der Waals surface area contributed by atoms with Gasteiger partial charge >= 0.3 is 12.2 Å². The van der Waals surface area contributed by atoms with Gasteiger partial charge in [-0.2, -0.15) is 13.2 Å². The number of amides is 2. The first kappa shape index (κ1) is 29.8. The molecule has 0 radical (unpaired) electrons. The summed E-state index contributed by atoms with van der Waals surface area (Å²) >= 11 is 0. The predicted molar refractivity (Wildman–Crippen MR) is 136 cm³/mol. The number of rotatable bonds is 7. The number of anilines is 1. The summed E-state index contributed by atoms with van der Waals surface area (Å²) < 4.78 is 90.6. The normalized spacial score (nSPS) is 14.8. The summed E-state index contributed by atoms with van der Waals surface area (Å²) in [5.74, 6) is -2.31. The standard InChI is InChI=1S/C25H23F5N6O4S/c1-41(38,39)23-32-14-16(5-10-33-40-17-6-9-31-20(13-17)25(28,29)30)21(34-23)15-7-11-36(12-8-15)24(37)35-22-18(26)3-2-4-19(22)27/h2-4,6,9-10,13-15H,5,7-8,11-12H2,1H3,(H,35,37). The summed E-state index contributed by atoms with van der Waals surface area (Å²) in [7, 11) is -3.75. The molecular weight excluding hydrogens is 575 g/mol. The van der Waals surface area contributed by atoms with Crippen molar-refractivity contribution >= 4 is 27.8 Å². The Bertz CT molecular complexity index is 1540. The summed E-state index contributed by atoms with van der Waals surface area (Å²) in [4.78, 5) is 30.4. The summed E-state index contributed by atoms with van der Waals surface area (Å²) in [6.45, 7) is 0.371. The Hall–Kier alpha value is -4.21. The molecule has 1 N–H and O–H groups in total. The Morgan fingerprint density at radius 2 is 1.85 bits per heavy atom. The number of sulfone groups is 1. The van der Waals surface area contributed by atoms with Gasteiger partial charge in [-0.15, -0.1) is 0 Å². The molecule has 0 spiro atoms. The molecule has 0 saturated carbocycles. The van der Waals surface area contributed by atoms with Crippen LogP contribution in [-0.4, -0.2) is 59.9 Å². The van der Waals surface area contributed by atoms with Crippen molar-refractivity contribution in [2.24, 2.45) is 5.16 Å². The van der Waals surface area contributed by atoms with Crippen LogP contribution in [0.4, 0.5) is 32.4 Å². The van der Waals surface area contributed by atoms with Gasteiger partial charge in [0.25, 0.3) is 0 Å². The van der Waals surface area contributed by atoms with Gasteiger partial charge in [-0.05, 0) is 30.5 Å². The van der Waals surface area contributed by atoms with Gasteiger partial charge in [0.05, 0.1) is 5.69 Å². The Kier molecular flexibility index (Phi) is 8.80. The van der Waals surface area contributed by atoms with E-state index in [9.17, 15) is 35.2 Å². The number of oxime groups is 1. The first-order valence-electron chi connectivity index (χ1n) is 12.1. The maximum atomic E-state index is 13.9. The van der Waals surface area contributed by atoms with E-state index in [0.717, 1.165) is 24.6 Å². The van der Waals surface area contributed by atoms with Crippen molar-refractivity contribution in [3.05, 3.63) is 71.3 Å². The molecule has 0 atom stereocenters. The lowest BCUT2D eigenvalue weighted by Gasteiger charge is -2.32. The van der Waals surface area contributed by atoms with Crippen LogP contribution in [-0.2, 0) is 22.4 Å². The topological polar surface area (TPSA) is 127 Å². The number of carbonyl (C=O) groups is 1. The van der Waals surface area contributed by atoms with Gasteiger partial charge in [-0.1, -0.05) is 11.2 Å². The van der Waals surface area contributed by atoms with Crippen LogP contribution in [0.1, 0.15) is 35.7 Å². The number of alkyl halides is 3. The minimum absolute atomic E-state index is 0.0594. The third kappa shape index (κ3) is 7.50. The highest BCUT2D eigenvalue weighted by molar-refractivity contribution is 7.90. The lowest BCUT2D eigenvalue weighted by molar-refractivity contribution is -0.141. The number of nitrogens with zero attached hydrogens (tertiary/aromatic N) is 5. The van der Waals surface area contributed by atoms with E-state index in [1.54, 1.807) is 0 Å². The number of hydrogen-bond acceptors (Lipinski definition) is 8. The SMILES string of the molecule is CS(=O)(=O)c1ncc(CC=NOc2ccnc(C(F)(F)F)c2)c(C2CCN(C(=O)Nc3c(F)cccc3F)CC2)n1. The highest BCUT2D eigenvalue weighted by atomic mass is 32.2. The lowest BCUT2D eigenvalue weighted by Crippen LogP contribution is -2.41. The van der Waals surface area contributed by atoms with Crippen LogP contribution in [0.2, 0.25) is 0 Å². The molecule has 1 aliphatic heterocycles. The summed E-state index contributed by atoms with van der Waals surface area (Å²) in [6, 6.07) is 4.42. The fraction of sp³-hybridized carbons (Fsp3) is 0.320. The minimum Gasteiger partial charge on any atom is -0.357 e. The molecular formula is C25H23F5N6O4S. The number of likely N-dealkylation sites (tertiary alicyclic amines) is 1. The second-order valence-corrected chi connectivity index (χ2v) is 11.0. The summed E-state index contributed by atoms with van der Waals surface area (Å²) in [5.41, 5.74) is -0.808. The molecule has 1 aliphatic rings. The lowest BCUT2D eigenvalue weighted by atomic mass is 9.90. The smallest absolute Gasteiger partial charge is 0.357 e. The van der Waals surface area contributed by atoms with Crippen molar-refractivity contribution in [3.63, 3.8) is 0 Å². The van der Waals surface area contributed by atoms with Crippen LogP contribution in [0, 0.1) is 11.6 Å². The van der Waals surface area contributed by atoms with Gasteiger partial charge in [-0.3, -0.25) is 4.98 Å². The maximum Gasteiger partial charge on any atom is 0.433 e. The molecule has 1 aromatic carbocycles. The average molecular weight is 599 g/mol. The van der Waals surface area contributed by atoms with Gasteiger partial charge in [0.1, 0.15) is 23.0 Å². The first-order valence-corrected chi connectivity index (χ1v) is 14.0. The van der Waals surface area contributed by atoms with E-state index < -0.39 is 50.2 Å². The Morgan fingerprint density at radius 3 is 2.49 bits per heavy atom. The van der Waals surface area contributed by atoms with E-state index in [-0.39, 0.29) is 31.2 Å². The second kappa shape index (κ2) is 12.1. The van der Waals surface area contributed by atoms with Crippen LogP contribution < -0.4 is 10.2 Å². The van der Waals surface area contributed by atoms with Crippen LogP contribution in [0.3, 0.4) is 0 Å². The van der Waals surface area contributed by atoms with E-state index in [2.05, 4.69) is 25.4 Å². The van der Waals surface area contributed by atoms with Crippen molar-refractivity contribution in [2.45, 2.75) is 36.5 Å². The molecule has 1 saturated heterocycles. The van der Waals surface area contributed by atoms with E-state index in [1.165, 1.54) is 29.4 Å². The zero-order chi connectivity index (χ0) is 29.8. The zero-order valence-electron chi connectivity index (χ0n) is 21.4. The summed E-state index contributed by atoms with van der Waals surface area (Å²) in [5, 5.41) is 5.54. The summed E-state index contributed by atoms with van der Waals surface area (Å²) in [6.07, 6.45) is 0.588. The van der Waals surface area contributed by atoms with E-state index in [4.69, 9.17) is 4.84 Å². The van der Waals surface area contributed by atoms with Gasteiger partial charge < -0.3 is 15.1 Å². The predicted octanol–water partition coefficient (Wildman–Crippen LogP) is 4.59. The zero-order valence-corrected chi connectivity index (χ0v) is 22.2. The van der Waals surface area contributed by atoms with Crippen LogP contribution in [0.5, 0.6) is 5.75 Å². The number of piperidine rings is 1. The largest absolute Gasteiger partial charge is 0.433 e. The Labute approximate surface area is 231 Å². The molecule has 16 heteroatoms. The number of para-hydroxylation sites is 1. The maximum absolute atomic E-state index is 13.9. The molecule has 0 aliphatic carbocycles. The number of pyridine rings is 1. The van der Waals surface area contributed by atoms with E-state index >= 15 is 0 Å². The molecule has 2 aromatic heterocycles. The highest BCUT2D eigenvalue weighted by Gasteiger charge is 2.33.